The molecule has 1 aliphatic rings. The minimum atomic E-state index is 0.547. The first kappa shape index (κ1) is 33.2. The van der Waals surface area contributed by atoms with E-state index in [-0.39, 0.29) is 0 Å². The van der Waals surface area contributed by atoms with Gasteiger partial charge in [0, 0.05) is 78.8 Å². The van der Waals surface area contributed by atoms with Crippen LogP contribution in [0.3, 0.4) is 0 Å². The largest absolute Gasteiger partial charge is 0.378 e. The lowest BCUT2D eigenvalue weighted by Gasteiger charge is -2.34. The second-order valence-electron chi connectivity index (χ2n) is 10.6. The molecule has 0 radical (unpaired) electrons. The van der Waals surface area contributed by atoms with Crippen molar-refractivity contribution in [3.05, 3.63) is 59.7 Å². The molecule has 4 N–H and O–H groups in total. The van der Waals surface area contributed by atoms with Gasteiger partial charge in [0.1, 0.15) is 0 Å². The van der Waals surface area contributed by atoms with E-state index in [0.717, 1.165) is 87.7 Å². The highest BCUT2D eigenvalue weighted by Gasteiger charge is 2.15. The fourth-order valence-electron chi connectivity index (χ4n) is 4.37. The maximum absolute atomic E-state index is 5.34. The van der Waals surface area contributed by atoms with Gasteiger partial charge in [0.2, 0.25) is 0 Å². The van der Waals surface area contributed by atoms with Gasteiger partial charge < -0.3 is 30.2 Å². The van der Waals surface area contributed by atoms with Gasteiger partial charge in [-0.3, -0.25) is 10.9 Å². The van der Waals surface area contributed by atoms with Crippen molar-refractivity contribution in [2.24, 2.45) is 10.2 Å². The fourth-order valence-corrected chi connectivity index (χ4v) is 4.68. The Bertz CT molecular complexity index is 1050. The topological polar surface area (TPSA) is 85.8 Å². The molecule has 0 saturated carbocycles. The average Bonchev–Trinajstić information content (AvgIpc) is 2.99. The highest BCUT2D eigenvalue weighted by molar-refractivity contribution is 7.80. The van der Waals surface area contributed by atoms with Crippen LogP contribution in [0.25, 0.3) is 0 Å². The predicted molar refractivity (Wildman–Crippen MR) is 186 cm³/mol. The molecule has 0 spiro atoms. The van der Waals surface area contributed by atoms with Crippen LogP contribution in [0.15, 0.2) is 58.7 Å². The Balaban J connectivity index is 1.17. The fraction of sp³-hybridized carbons (Fsp3) is 0.467. The zero-order valence-electron chi connectivity index (χ0n) is 25.3. The molecule has 0 amide bonds. The van der Waals surface area contributed by atoms with Gasteiger partial charge in [0.25, 0.3) is 0 Å². The number of nitrogens with one attached hydrogen (secondary N) is 4. The van der Waals surface area contributed by atoms with E-state index in [1.165, 1.54) is 0 Å². The van der Waals surface area contributed by atoms with E-state index in [4.69, 9.17) is 24.4 Å². The van der Waals surface area contributed by atoms with Gasteiger partial charge >= 0.3 is 0 Å². The first-order valence-corrected chi connectivity index (χ1v) is 15.2. The van der Waals surface area contributed by atoms with Gasteiger partial charge in [-0.15, -0.1) is 0 Å². The Hall–Kier alpha value is -3.32. The van der Waals surface area contributed by atoms with E-state index in [1.54, 1.807) is 12.4 Å². The molecule has 228 valence electrons. The van der Waals surface area contributed by atoms with Crippen LogP contribution in [0.5, 0.6) is 0 Å². The summed E-state index contributed by atoms with van der Waals surface area (Å²) < 4.78 is 0. The minimum absolute atomic E-state index is 0.547. The van der Waals surface area contributed by atoms with E-state index in [0.29, 0.717) is 10.2 Å². The molecule has 1 heterocycles. The van der Waals surface area contributed by atoms with Crippen LogP contribution in [0.1, 0.15) is 24.0 Å². The number of hydrogen-bond donors (Lipinski definition) is 4. The molecule has 0 bridgehead atoms. The highest BCUT2D eigenvalue weighted by Crippen LogP contribution is 2.11. The van der Waals surface area contributed by atoms with Crippen LogP contribution in [0, 0.1) is 0 Å². The molecule has 0 aromatic heterocycles. The van der Waals surface area contributed by atoms with E-state index >= 15 is 0 Å². The first-order chi connectivity index (χ1) is 20.3. The third-order valence-corrected chi connectivity index (χ3v) is 7.39. The van der Waals surface area contributed by atoms with Gasteiger partial charge in [0.05, 0.1) is 12.4 Å². The Labute approximate surface area is 262 Å². The van der Waals surface area contributed by atoms with E-state index in [9.17, 15) is 0 Å². The molecule has 2 aromatic rings. The summed E-state index contributed by atoms with van der Waals surface area (Å²) in [6, 6.07) is 16.4. The lowest BCUT2D eigenvalue weighted by atomic mass is 10.2. The SMILES string of the molecule is CN(C)c1ccc(/C=N\NC(=S)NCCCN2CCN(CCCNC(=S)N/N=C/c3ccc(N(C)C)cc3)CC2)cc1. The summed E-state index contributed by atoms with van der Waals surface area (Å²) in [6.07, 6.45) is 5.62. The van der Waals surface area contributed by atoms with Crippen molar-refractivity contribution in [3.8, 4) is 0 Å². The average molecular weight is 611 g/mol. The second-order valence-corrected chi connectivity index (χ2v) is 11.4. The maximum atomic E-state index is 5.34. The zero-order chi connectivity index (χ0) is 30.2. The van der Waals surface area contributed by atoms with Crippen molar-refractivity contribution in [1.82, 2.24) is 31.3 Å². The van der Waals surface area contributed by atoms with Crippen LogP contribution in [-0.2, 0) is 0 Å². The zero-order valence-corrected chi connectivity index (χ0v) is 27.0. The minimum Gasteiger partial charge on any atom is -0.378 e. The normalized spacial score (nSPS) is 14.2. The molecule has 0 unspecified atom stereocenters. The Morgan fingerprint density at radius 3 is 1.36 bits per heavy atom. The van der Waals surface area contributed by atoms with Gasteiger partial charge in [-0.2, -0.15) is 10.2 Å². The first-order valence-electron chi connectivity index (χ1n) is 14.4. The van der Waals surface area contributed by atoms with Gasteiger partial charge in [-0.05, 0) is 85.8 Å². The summed E-state index contributed by atoms with van der Waals surface area (Å²) in [4.78, 5) is 9.18. The molecular weight excluding hydrogens is 565 g/mol. The number of nitrogens with zero attached hydrogens (tertiary/aromatic N) is 6. The quantitative estimate of drug-likeness (QED) is 0.111. The maximum Gasteiger partial charge on any atom is 0.186 e. The number of thiocarbonyl (C=S) groups is 2. The molecule has 12 heteroatoms. The van der Waals surface area contributed by atoms with Crippen molar-refractivity contribution in [3.63, 3.8) is 0 Å². The third-order valence-electron chi connectivity index (χ3n) is 6.92. The monoisotopic (exact) mass is 610 g/mol. The molecule has 1 fully saturated rings. The number of anilines is 2. The van der Waals surface area contributed by atoms with Crippen LogP contribution >= 0.6 is 24.4 Å². The van der Waals surface area contributed by atoms with E-state index in [2.05, 4.69) is 75.6 Å². The Kier molecular flexibility index (Phi) is 14.4. The summed E-state index contributed by atoms with van der Waals surface area (Å²) in [7, 11) is 8.10. The van der Waals surface area contributed by atoms with Crippen LogP contribution in [0.2, 0.25) is 0 Å². The molecule has 1 aliphatic heterocycles. The van der Waals surface area contributed by atoms with Crippen molar-refractivity contribution >= 4 is 58.5 Å². The third kappa shape index (κ3) is 12.7. The van der Waals surface area contributed by atoms with Crippen molar-refractivity contribution in [1.29, 1.82) is 0 Å². The number of rotatable bonds is 14. The number of hydrogen-bond acceptors (Lipinski definition) is 8. The smallest absolute Gasteiger partial charge is 0.186 e. The lowest BCUT2D eigenvalue weighted by molar-refractivity contribution is 0.131. The van der Waals surface area contributed by atoms with E-state index < -0.39 is 0 Å². The molecule has 0 atom stereocenters. The van der Waals surface area contributed by atoms with Crippen LogP contribution in [-0.4, -0.2) is 113 Å². The highest BCUT2D eigenvalue weighted by atomic mass is 32.1. The molecular formula is C30H46N10S2. The standard InChI is InChI=1S/C30H46N10S2/c1-37(2)27-11-7-25(8-12-27)23-33-35-29(41)31-15-5-17-39-19-21-40(22-20-39)18-6-16-32-30(42)36-34-24-26-9-13-28(14-10-26)38(3)4/h7-14,23-24H,5-6,15-22H2,1-4H3,(H2,31,35,41)(H2,32,36,42)/b33-23-,34-24+. The predicted octanol–water partition coefficient (Wildman–Crippen LogP) is 2.51. The van der Waals surface area contributed by atoms with Gasteiger partial charge in [-0.1, -0.05) is 24.3 Å². The molecule has 42 heavy (non-hydrogen) atoms. The number of hydrazone groups is 2. The number of piperazine rings is 1. The molecule has 10 nitrogen and oxygen atoms in total. The molecule has 2 aromatic carbocycles. The molecule has 1 saturated heterocycles. The van der Waals surface area contributed by atoms with Crippen molar-refractivity contribution in [2.75, 3.05) is 90.3 Å². The van der Waals surface area contributed by atoms with Crippen molar-refractivity contribution in [2.45, 2.75) is 12.8 Å². The summed E-state index contributed by atoms with van der Waals surface area (Å²) in [6.45, 7) is 8.15. The summed E-state index contributed by atoms with van der Waals surface area (Å²) in [5.41, 5.74) is 10.2. The Morgan fingerprint density at radius 2 is 1.02 bits per heavy atom. The van der Waals surface area contributed by atoms with Gasteiger partial charge in [0.15, 0.2) is 10.2 Å². The summed E-state index contributed by atoms with van der Waals surface area (Å²) >= 11 is 10.7. The molecule has 0 aliphatic carbocycles. The lowest BCUT2D eigenvalue weighted by Crippen LogP contribution is -2.47. The van der Waals surface area contributed by atoms with Crippen molar-refractivity contribution < 1.29 is 0 Å². The number of benzene rings is 2. The molecule has 3 rings (SSSR count). The second kappa shape index (κ2) is 18.3. The van der Waals surface area contributed by atoms with Crippen LogP contribution < -0.4 is 31.3 Å². The van der Waals surface area contributed by atoms with E-state index in [1.807, 2.05) is 52.5 Å². The van der Waals surface area contributed by atoms with Gasteiger partial charge in [-0.25, -0.2) is 0 Å². The summed E-state index contributed by atoms with van der Waals surface area (Å²) in [5, 5.41) is 16.0. The van der Waals surface area contributed by atoms with Crippen LogP contribution in [0.4, 0.5) is 11.4 Å². The summed E-state index contributed by atoms with van der Waals surface area (Å²) in [5.74, 6) is 0. The Morgan fingerprint density at radius 1 is 0.667 bits per heavy atom.